The van der Waals surface area contributed by atoms with E-state index in [2.05, 4.69) is 15.1 Å². The highest BCUT2D eigenvalue weighted by Crippen LogP contribution is 2.26. The Morgan fingerprint density at radius 1 is 1.53 bits per heavy atom. The minimum Gasteiger partial charge on any atom is -0.383 e. The number of aliphatic hydroxyl groups is 1. The summed E-state index contributed by atoms with van der Waals surface area (Å²) in [5.41, 5.74) is 1.00. The molecule has 1 N–H and O–H groups in total. The molecule has 1 unspecified atom stereocenters. The Morgan fingerprint density at radius 3 is 3.00 bits per heavy atom. The molecule has 2 aromatic rings. The average molecular weight is 283 g/mol. The van der Waals surface area contributed by atoms with Crippen molar-refractivity contribution < 1.29 is 9.84 Å². The molecule has 0 radical (unpaired) electrons. The third-order valence-corrected chi connectivity index (χ3v) is 2.97. The van der Waals surface area contributed by atoms with Gasteiger partial charge in [-0.25, -0.2) is 9.97 Å². The number of aliphatic hydroxyl groups excluding tert-OH is 1. The van der Waals surface area contributed by atoms with Gasteiger partial charge in [-0.3, -0.25) is 4.68 Å². The van der Waals surface area contributed by atoms with Crippen LogP contribution in [0.15, 0.2) is 18.5 Å². The van der Waals surface area contributed by atoms with Crippen molar-refractivity contribution in [2.45, 2.75) is 19.6 Å². The van der Waals surface area contributed by atoms with Crippen LogP contribution in [0.25, 0.3) is 0 Å². The lowest BCUT2D eigenvalue weighted by Crippen LogP contribution is -2.14. The molecule has 0 bridgehead atoms. The van der Waals surface area contributed by atoms with E-state index in [-0.39, 0.29) is 0 Å². The molecule has 0 amide bonds. The third-order valence-electron chi connectivity index (χ3n) is 2.68. The van der Waals surface area contributed by atoms with Crippen LogP contribution in [0.2, 0.25) is 5.02 Å². The smallest absolute Gasteiger partial charge is 0.139 e. The van der Waals surface area contributed by atoms with Crippen LogP contribution in [0.3, 0.4) is 0 Å². The number of aromatic nitrogens is 4. The maximum atomic E-state index is 10.4. The second-order valence-electron chi connectivity index (χ2n) is 4.02. The van der Waals surface area contributed by atoms with Gasteiger partial charge in [0.05, 0.1) is 35.8 Å². The van der Waals surface area contributed by atoms with E-state index in [1.165, 1.54) is 6.20 Å². The first-order valence-electron chi connectivity index (χ1n) is 5.81. The Labute approximate surface area is 116 Å². The molecule has 2 rings (SSSR count). The molecule has 0 spiro atoms. The fraction of sp³-hybridized carbons (Fsp3) is 0.417. The van der Waals surface area contributed by atoms with Crippen molar-refractivity contribution in [3.8, 4) is 0 Å². The summed E-state index contributed by atoms with van der Waals surface area (Å²) in [6.07, 6.45) is 2.17. The van der Waals surface area contributed by atoms with Crippen molar-refractivity contribution >= 4 is 11.6 Å². The molecule has 102 valence electrons. The minimum absolute atomic E-state index is 0.403. The van der Waals surface area contributed by atoms with Crippen LogP contribution in [-0.4, -0.2) is 38.6 Å². The first kappa shape index (κ1) is 13.9. The van der Waals surface area contributed by atoms with E-state index in [1.54, 1.807) is 31.0 Å². The Hall–Kier alpha value is -1.50. The van der Waals surface area contributed by atoms with Crippen LogP contribution < -0.4 is 0 Å². The Balaban J connectivity index is 2.32. The van der Waals surface area contributed by atoms with Crippen LogP contribution in [0, 0.1) is 6.92 Å². The van der Waals surface area contributed by atoms with Gasteiger partial charge >= 0.3 is 0 Å². The number of hydrogen-bond donors (Lipinski definition) is 1. The van der Waals surface area contributed by atoms with E-state index < -0.39 is 6.10 Å². The van der Waals surface area contributed by atoms with Crippen LogP contribution in [0.5, 0.6) is 0 Å². The maximum absolute atomic E-state index is 10.4. The molecule has 0 aromatic carbocycles. The molecule has 0 saturated heterocycles. The summed E-state index contributed by atoms with van der Waals surface area (Å²) >= 11 is 6.08. The van der Waals surface area contributed by atoms with E-state index in [0.29, 0.717) is 35.4 Å². The maximum Gasteiger partial charge on any atom is 0.139 e. The van der Waals surface area contributed by atoms with Gasteiger partial charge in [-0.2, -0.15) is 5.10 Å². The zero-order chi connectivity index (χ0) is 13.8. The van der Waals surface area contributed by atoms with Crippen molar-refractivity contribution in [2.75, 3.05) is 13.7 Å². The molecule has 0 aliphatic heterocycles. The SMILES string of the molecule is COCCn1ncc(Cl)c1C(O)c1ccnc(C)n1. The molecule has 6 nitrogen and oxygen atoms in total. The first-order valence-corrected chi connectivity index (χ1v) is 6.19. The van der Waals surface area contributed by atoms with Gasteiger partial charge in [0.1, 0.15) is 11.9 Å². The van der Waals surface area contributed by atoms with Gasteiger partial charge in [0.2, 0.25) is 0 Å². The lowest BCUT2D eigenvalue weighted by atomic mass is 10.2. The molecule has 19 heavy (non-hydrogen) atoms. The summed E-state index contributed by atoms with van der Waals surface area (Å²) in [7, 11) is 1.61. The topological polar surface area (TPSA) is 73.1 Å². The number of halogens is 1. The molecule has 0 fully saturated rings. The van der Waals surface area contributed by atoms with Crippen LogP contribution in [-0.2, 0) is 11.3 Å². The molecule has 2 aromatic heterocycles. The van der Waals surface area contributed by atoms with Crippen molar-refractivity contribution in [1.82, 2.24) is 19.7 Å². The van der Waals surface area contributed by atoms with Crippen molar-refractivity contribution in [2.24, 2.45) is 0 Å². The second-order valence-corrected chi connectivity index (χ2v) is 4.43. The zero-order valence-corrected chi connectivity index (χ0v) is 11.5. The van der Waals surface area contributed by atoms with E-state index in [9.17, 15) is 5.11 Å². The molecule has 0 aliphatic rings. The summed E-state index contributed by atoms with van der Waals surface area (Å²) in [5.74, 6) is 0.593. The first-order chi connectivity index (χ1) is 9.13. The average Bonchev–Trinajstić information content (AvgIpc) is 2.76. The highest BCUT2D eigenvalue weighted by Gasteiger charge is 2.21. The van der Waals surface area contributed by atoms with Gasteiger partial charge in [-0.1, -0.05) is 11.6 Å². The Kier molecular flexibility index (Phi) is 4.47. The number of hydrogen-bond acceptors (Lipinski definition) is 5. The Bertz CT molecular complexity index is 558. The lowest BCUT2D eigenvalue weighted by molar-refractivity contribution is 0.170. The number of nitrogens with zero attached hydrogens (tertiary/aromatic N) is 4. The van der Waals surface area contributed by atoms with Gasteiger partial charge in [0.15, 0.2) is 0 Å². The van der Waals surface area contributed by atoms with E-state index >= 15 is 0 Å². The predicted octanol–water partition coefficient (Wildman–Crippen LogP) is 1.36. The van der Waals surface area contributed by atoms with E-state index in [0.717, 1.165) is 0 Å². The van der Waals surface area contributed by atoms with Gasteiger partial charge < -0.3 is 9.84 Å². The summed E-state index contributed by atoms with van der Waals surface area (Å²) < 4.78 is 6.62. The normalized spacial score (nSPS) is 12.6. The van der Waals surface area contributed by atoms with Crippen molar-refractivity contribution in [1.29, 1.82) is 0 Å². The monoisotopic (exact) mass is 282 g/mol. The molecular formula is C12H15ClN4O2. The van der Waals surface area contributed by atoms with Gasteiger partial charge in [-0.05, 0) is 13.0 Å². The number of rotatable bonds is 5. The third kappa shape index (κ3) is 3.09. The van der Waals surface area contributed by atoms with E-state index in [1.807, 2.05) is 0 Å². The molecule has 1 atom stereocenters. The standard InChI is InChI=1S/C12H15ClN4O2/c1-8-14-4-3-10(16-8)12(18)11-9(13)7-15-17(11)5-6-19-2/h3-4,7,12,18H,5-6H2,1-2H3. The fourth-order valence-corrected chi connectivity index (χ4v) is 2.01. The van der Waals surface area contributed by atoms with Crippen LogP contribution in [0.1, 0.15) is 23.3 Å². The van der Waals surface area contributed by atoms with Crippen LogP contribution in [0.4, 0.5) is 0 Å². The fourth-order valence-electron chi connectivity index (χ4n) is 1.77. The molecule has 2 heterocycles. The summed E-state index contributed by atoms with van der Waals surface area (Å²) in [5, 5.41) is 14.9. The van der Waals surface area contributed by atoms with Gasteiger partial charge in [0, 0.05) is 13.3 Å². The van der Waals surface area contributed by atoms with Gasteiger partial charge in [0.25, 0.3) is 0 Å². The number of aryl methyl sites for hydroxylation is 1. The quantitative estimate of drug-likeness (QED) is 0.896. The summed E-state index contributed by atoms with van der Waals surface area (Å²) in [4.78, 5) is 8.20. The molecular weight excluding hydrogens is 268 g/mol. The van der Waals surface area contributed by atoms with Crippen LogP contribution >= 0.6 is 11.6 Å². The number of ether oxygens (including phenoxy) is 1. The molecule has 0 aliphatic carbocycles. The van der Waals surface area contributed by atoms with E-state index in [4.69, 9.17) is 16.3 Å². The minimum atomic E-state index is -0.937. The second kappa shape index (κ2) is 6.10. The highest BCUT2D eigenvalue weighted by molar-refractivity contribution is 6.31. The zero-order valence-electron chi connectivity index (χ0n) is 10.7. The Morgan fingerprint density at radius 2 is 2.32 bits per heavy atom. The number of methoxy groups -OCH3 is 1. The van der Waals surface area contributed by atoms with Gasteiger partial charge in [-0.15, -0.1) is 0 Å². The summed E-state index contributed by atoms with van der Waals surface area (Å²) in [6, 6.07) is 1.65. The van der Waals surface area contributed by atoms with Crippen molar-refractivity contribution in [3.63, 3.8) is 0 Å². The molecule has 7 heteroatoms. The summed E-state index contributed by atoms with van der Waals surface area (Å²) in [6.45, 7) is 2.76. The molecule has 0 saturated carbocycles. The largest absolute Gasteiger partial charge is 0.383 e. The highest BCUT2D eigenvalue weighted by atomic mass is 35.5. The lowest BCUT2D eigenvalue weighted by Gasteiger charge is -2.13. The predicted molar refractivity (Wildman–Crippen MR) is 69.9 cm³/mol. The van der Waals surface area contributed by atoms with Crippen molar-refractivity contribution in [3.05, 3.63) is 40.7 Å².